The van der Waals surface area contributed by atoms with E-state index in [1.165, 1.54) is 23.8 Å². The van der Waals surface area contributed by atoms with Crippen LogP contribution in [0.1, 0.15) is 37.0 Å². The number of nitriles is 1. The molecule has 1 atom stereocenters. The van der Waals surface area contributed by atoms with Gasteiger partial charge in [0.05, 0.1) is 5.56 Å². The number of benzene rings is 1. The molecule has 6 heteroatoms. The van der Waals surface area contributed by atoms with Gasteiger partial charge in [0.2, 0.25) is 0 Å². The highest BCUT2D eigenvalue weighted by Crippen LogP contribution is 2.22. The van der Waals surface area contributed by atoms with Crippen LogP contribution >= 0.6 is 11.3 Å². The van der Waals surface area contributed by atoms with Gasteiger partial charge in [-0.15, -0.1) is 11.3 Å². The molecule has 1 N–H and O–H groups in total. The van der Waals surface area contributed by atoms with E-state index in [1.807, 2.05) is 30.3 Å². The van der Waals surface area contributed by atoms with E-state index in [2.05, 4.69) is 12.2 Å². The third-order valence-corrected chi connectivity index (χ3v) is 4.58. The standard InChI is InChI=1S/C19H20N2O3S/c1-3-14-4-6-15(7-5-14)8-9-17(22)24-13(2)18(23)21-19-16(12-20)10-11-25-19/h4-7,10-11,13H,3,8-9H2,1-2H3,(H,21,23)/t13-/m0/s1. The Hall–Kier alpha value is -2.65. The van der Waals surface area contributed by atoms with Gasteiger partial charge in [-0.05, 0) is 42.3 Å². The lowest BCUT2D eigenvalue weighted by Crippen LogP contribution is -2.30. The minimum Gasteiger partial charge on any atom is -0.453 e. The molecule has 130 valence electrons. The Bertz CT molecular complexity index is 775. The van der Waals surface area contributed by atoms with Gasteiger partial charge in [0, 0.05) is 6.42 Å². The van der Waals surface area contributed by atoms with Gasteiger partial charge < -0.3 is 10.1 Å². The molecule has 1 heterocycles. The van der Waals surface area contributed by atoms with Crippen LogP contribution in [-0.4, -0.2) is 18.0 Å². The molecule has 2 aromatic rings. The van der Waals surface area contributed by atoms with Crippen LogP contribution in [0.3, 0.4) is 0 Å². The highest BCUT2D eigenvalue weighted by molar-refractivity contribution is 7.14. The second-order valence-corrected chi connectivity index (χ2v) is 6.48. The summed E-state index contributed by atoms with van der Waals surface area (Å²) in [4.78, 5) is 24.0. The second-order valence-electron chi connectivity index (χ2n) is 5.57. The molecule has 0 aliphatic carbocycles. The van der Waals surface area contributed by atoms with Crippen LogP contribution < -0.4 is 5.32 Å². The van der Waals surface area contributed by atoms with Gasteiger partial charge in [-0.2, -0.15) is 5.26 Å². The van der Waals surface area contributed by atoms with Crippen molar-refractivity contribution in [2.75, 3.05) is 5.32 Å². The predicted octanol–water partition coefficient (Wildman–Crippen LogP) is 3.69. The van der Waals surface area contributed by atoms with Gasteiger partial charge in [-0.3, -0.25) is 9.59 Å². The first-order chi connectivity index (χ1) is 12.0. The van der Waals surface area contributed by atoms with Crippen molar-refractivity contribution in [3.05, 3.63) is 52.4 Å². The Morgan fingerprint density at radius 3 is 2.56 bits per heavy atom. The second kappa shape index (κ2) is 9.00. The average molecular weight is 356 g/mol. The van der Waals surface area contributed by atoms with Crippen LogP contribution in [0, 0.1) is 11.3 Å². The lowest BCUT2D eigenvalue weighted by molar-refractivity contribution is -0.153. The summed E-state index contributed by atoms with van der Waals surface area (Å²) in [5.74, 6) is -0.867. The number of ether oxygens (including phenoxy) is 1. The number of thiophene rings is 1. The SMILES string of the molecule is CCc1ccc(CCC(=O)O[C@@H](C)C(=O)Nc2sccc2C#N)cc1. The molecule has 0 radical (unpaired) electrons. The molecule has 0 aliphatic rings. The van der Waals surface area contributed by atoms with E-state index < -0.39 is 18.0 Å². The molecular weight excluding hydrogens is 336 g/mol. The van der Waals surface area contributed by atoms with E-state index in [0.29, 0.717) is 17.0 Å². The molecule has 1 aromatic heterocycles. The number of anilines is 1. The third-order valence-electron chi connectivity index (χ3n) is 3.75. The molecule has 0 saturated carbocycles. The smallest absolute Gasteiger partial charge is 0.306 e. The van der Waals surface area contributed by atoms with Gasteiger partial charge in [0.25, 0.3) is 5.91 Å². The number of nitrogens with one attached hydrogen (secondary N) is 1. The number of hydrogen-bond acceptors (Lipinski definition) is 5. The number of nitrogens with zero attached hydrogens (tertiary/aromatic N) is 1. The van der Waals surface area contributed by atoms with Crippen molar-refractivity contribution in [2.45, 2.75) is 39.2 Å². The first-order valence-electron chi connectivity index (χ1n) is 8.09. The summed E-state index contributed by atoms with van der Waals surface area (Å²) in [6, 6.07) is 11.7. The summed E-state index contributed by atoms with van der Waals surface area (Å²) in [5, 5.41) is 13.7. The maximum absolute atomic E-state index is 12.1. The number of carbonyl (C=O) groups excluding carboxylic acids is 2. The zero-order chi connectivity index (χ0) is 18.2. The van der Waals surface area contributed by atoms with Crippen molar-refractivity contribution in [3.8, 4) is 6.07 Å². The van der Waals surface area contributed by atoms with Crippen LogP contribution in [0.15, 0.2) is 35.7 Å². The van der Waals surface area contributed by atoms with Crippen LogP contribution in [-0.2, 0) is 27.2 Å². The predicted molar refractivity (Wildman–Crippen MR) is 97.4 cm³/mol. The molecule has 0 unspecified atom stereocenters. The van der Waals surface area contributed by atoms with E-state index in [4.69, 9.17) is 10.00 Å². The van der Waals surface area contributed by atoms with Crippen LogP contribution in [0.4, 0.5) is 5.00 Å². The van der Waals surface area contributed by atoms with Crippen molar-refractivity contribution >= 4 is 28.2 Å². The topological polar surface area (TPSA) is 79.2 Å². The fourth-order valence-electron chi connectivity index (χ4n) is 2.21. The molecule has 0 saturated heterocycles. The largest absolute Gasteiger partial charge is 0.453 e. The first-order valence-corrected chi connectivity index (χ1v) is 8.97. The van der Waals surface area contributed by atoms with Crippen molar-refractivity contribution in [1.29, 1.82) is 5.26 Å². The summed E-state index contributed by atoms with van der Waals surface area (Å²) < 4.78 is 5.17. The monoisotopic (exact) mass is 356 g/mol. The Labute approximate surface area is 151 Å². The van der Waals surface area contributed by atoms with Crippen molar-refractivity contribution in [1.82, 2.24) is 0 Å². The molecule has 0 aliphatic heterocycles. The molecule has 0 bridgehead atoms. The number of carbonyl (C=O) groups is 2. The van der Waals surface area contributed by atoms with E-state index in [0.717, 1.165) is 12.0 Å². The molecule has 1 aromatic carbocycles. The number of esters is 1. The average Bonchev–Trinajstić information content (AvgIpc) is 3.07. The summed E-state index contributed by atoms with van der Waals surface area (Å²) in [6.07, 6.45) is 0.849. The maximum Gasteiger partial charge on any atom is 0.306 e. The summed E-state index contributed by atoms with van der Waals surface area (Å²) in [6.45, 7) is 3.61. The van der Waals surface area contributed by atoms with Crippen molar-refractivity contribution in [2.24, 2.45) is 0 Å². The summed E-state index contributed by atoms with van der Waals surface area (Å²) in [7, 11) is 0. The number of hydrogen-bond donors (Lipinski definition) is 1. The van der Waals surface area contributed by atoms with Gasteiger partial charge in [-0.25, -0.2) is 0 Å². The van der Waals surface area contributed by atoms with Crippen LogP contribution in [0.25, 0.3) is 0 Å². The Morgan fingerprint density at radius 2 is 1.92 bits per heavy atom. The molecule has 2 rings (SSSR count). The highest BCUT2D eigenvalue weighted by atomic mass is 32.1. The van der Waals surface area contributed by atoms with Crippen molar-refractivity contribution < 1.29 is 14.3 Å². The Kier molecular flexibility index (Phi) is 6.72. The van der Waals surface area contributed by atoms with E-state index >= 15 is 0 Å². The normalized spacial score (nSPS) is 11.4. The highest BCUT2D eigenvalue weighted by Gasteiger charge is 2.19. The minimum atomic E-state index is -0.913. The van der Waals surface area contributed by atoms with Crippen LogP contribution in [0.2, 0.25) is 0 Å². The quantitative estimate of drug-likeness (QED) is 0.768. The summed E-state index contributed by atoms with van der Waals surface area (Å²) in [5.41, 5.74) is 2.71. The lowest BCUT2D eigenvalue weighted by atomic mass is 10.1. The van der Waals surface area contributed by atoms with Gasteiger partial charge in [0.15, 0.2) is 6.10 Å². The van der Waals surface area contributed by atoms with Gasteiger partial charge >= 0.3 is 5.97 Å². The molecular formula is C19H20N2O3S. The Morgan fingerprint density at radius 1 is 1.24 bits per heavy atom. The minimum absolute atomic E-state index is 0.214. The number of amides is 1. The van der Waals surface area contributed by atoms with Crippen LogP contribution in [0.5, 0.6) is 0 Å². The fraction of sp³-hybridized carbons (Fsp3) is 0.316. The number of aryl methyl sites for hydroxylation is 2. The molecule has 5 nitrogen and oxygen atoms in total. The third kappa shape index (κ3) is 5.44. The van der Waals surface area contributed by atoms with Gasteiger partial charge in [-0.1, -0.05) is 31.2 Å². The summed E-state index contributed by atoms with van der Waals surface area (Å²) >= 11 is 1.25. The first kappa shape index (κ1) is 18.7. The molecule has 0 spiro atoms. The van der Waals surface area contributed by atoms with Gasteiger partial charge in [0.1, 0.15) is 11.1 Å². The Balaban J connectivity index is 1.80. The zero-order valence-electron chi connectivity index (χ0n) is 14.2. The lowest BCUT2D eigenvalue weighted by Gasteiger charge is -2.13. The molecule has 0 fully saturated rings. The van der Waals surface area contributed by atoms with E-state index in [9.17, 15) is 9.59 Å². The maximum atomic E-state index is 12.1. The van der Waals surface area contributed by atoms with E-state index in [1.54, 1.807) is 11.4 Å². The van der Waals surface area contributed by atoms with Crippen molar-refractivity contribution in [3.63, 3.8) is 0 Å². The number of rotatable bonds is 7. The van der Waals surface area contributed by atoms with E-state index in [-0.39, 0.29) is 6.42 Å². The fourth-order valence-corrected chi connectivity index (χ4v) is 2.95. The molecule has 25 heavy (non-hydrogen) atoms. The molecule has 1 amide bonds. The zero-order valence-corrected chi connectivity index (χ0v) is 15.1.